The number of hydrogen-bond donors (Lipinski definition) is 2. The molecule has 1 rings (SSSR count). The number of rotatable bonds is 3. The highest BCUT2D eigenvalue weighted by molar-refractivity contribution is 9.10. The summed E-state index contributed by atoms with van der Waals surface area (Å²) < 4.78 is 0.515. The predicted octanol–water partition coefficient (Wildman–Crippen LogP) is 1.44. The summed E-state index contributed by atoms with van der Waals surface area (Å²) in [5, 5.41) is 26.4. The summed E-state index contributed by atoms with van der Waals surface area (Å²) in [7, 11) is 0. The summed E-state index contributed by atoms with van der Waals surface area (Å²) in [6.07, 6.45) is -0.158. The van der Waals surface area contributed by atoms with Crippen LogP contribution in [0.3, 0.4) is 0 Å². The van der Waals surface area contributed by atoms with Crippen LogP contribution in [0.25, 0.3) is 0 Å². The van der Waals surface area contributed by atoms with Crippen molar-refractivity contribution >= 4 is 21.9 Å². The number of carboxylic acids is 1. The molecular weight excluding hydrogens is 262 g/mol. The Morgan fingerprint density at radius 1 is 1.53 bits per heavy atom. The standard InChI is InChI=1S/C10H8BrNO3/c11-10-7(4-12)1-6(3-9(14)15)2-8(10)5-13/h1-2,13H,3,5H2,(H,14,15). The van der Waals surface area contributed by atoms with Crippen LogP contribution in [0.15, 0.2) is 16.6 Å². The zero-order valence-electron chi connectivity index (χ0n) is 7.70. The highest BCUT2D eigenvalue weighted by Gasteiger charge is 2.09. The van der Waals surface area contributed by atoms with Crippen molar-refractivity contribution in [2.45, 2.75) is 13.0 Å². The van der Waals surface area contributed by atoms with Crippen LogP contribution in [-0.4, -0.2) is 16.2 Å². The zero-order valence-corrected chi connectivity index (χ0v) is 9.28. The second kappa shape index (κ2) is 4.91. The number of aliphatic hydroxyl groups is 1. The summed E-state index contributed by atoms with van der Waals surface area (Å²) in [6, 6.07) is 5.00. The largest absolute Gasteiger partial charge is 0.481 e. The lowest BCUT2D eigenvalue weighted by Gasteiger charge is -2.06. The summed E-state index contributed by atoms with van der Waals surface area (Å²) in [5.41, 5.74) is 1.36. The van der Waals surface area contributed by atoms with E-state index in [9.17, 15) is 4.79 Å². The van der Waals surface area contributed by atoms with E-state index in [1.54, 1.807) is 6.07 Å². The minimum atomic E-state index is -0.967. The van der Waals surface area contributed by atoms with Crippen LogP contribution in [0.4, 0.5) is 0 Å². The molecule has 0 aliphatic heterocycles. The highest BCUT2D eigenvalue weighted by atomic mass is 79.9. The molecule has 2 N–H and O–H groups in total. The molecule has 4 nitrogen and oxygen atoms in total. The van der Waals surface area contributed by atoms with Crippen molar-refractivity contribution in [1.82, 2.24) is 0 Å². The molecule has 0 fully saturated rings. The monoisotopic (exact) mass is 269 g/mol. The number of aliphatic carboxylic acids is 1. The van der Waals surface area contributed by atoms with Gasteiger partial charge in [-0.2, -0.15) is 5.26 Å². The van der Waals surface area contributed by atoms with E-state index in [1.807, 2.05) is 6.07 Å². The molecule has 0 aliphatic carbocycles. The van der Waals surface area contributed by atoms with Gasteiger partial charge >= 0.3 is 5.97 Å². The molecule has 0 spiro atoms. The first-order valence-electron chi connectivity index (χ1n) is 4.12. The summed E-state index contributed by atoms with van der Waals surface area (Å²) in [4.78, 5) is 10.5. The maximum Gasteiger partial charge on any atom is 0.307 e. The highest BCUT2D eigenvalue weighted by Crippen LogP contribution is 2.23. The van der Waals surface area contributed by atoms with Gasteiger partial charge in [-0.25, -0.2) is 0 Å². The van der Waals surface area contributed by atoms with Gasteiger partial charge in [0.25, 0.3) is 0 Å². The Kier molecular flexibility index (Phi) is 3.83. The van der Waals surface area contributed by atoms with E-state index in [0.29, 0.717) is 21.2 Å². The van der Waals surface area contributed by atoms with Crippen LogP contribution in [0.2, 0.25) is 0 Å². The second-order valence-electron chi connectivity index (χ2n) is 2.96. The van der Waals surface area contributed by atoms with Crippen molar-refractivity contribution in [2.75, 3.05) is 0 Å². The van der Waals surface area contributed by atoms with Crippen molar-refractivity contribution in [3.8, 4) is 6.07 Å². The van der Waals surface area contributed by atoms with Crippen LogP contribution < -0.4 is 0 Å². The van der Waals surface area contributed by atoms with Gasteiger partial charge < -0.3 is 10.2 Å². The van der Waals surface area contributed by atoms with Crippen molar-refractivity contribution in [1.29, 1.82) is 5.26 Å². The smallest absolute Gasteiger partial charge is 0.307 e. The van der Waals surface area contributed by atoms with E-state index in [4.69, 9.17) is 15.5 Å². The molecule has 0 aromatic heterocycles. The van der Waals surface area contributed by atoms with E-state index >= 15 is 0 Å². The molecule has 78 valence electrons. The van der Waals surface area contributed by atoms with Gasteiger partial charge in [-0.3, -0.25) is 4.79 Å². The zero-order chi connectivity index (χ0) is 11.4. The Balaban J connectivity index is 3.22. The first kappa shape index (κ1) is 11.7. The molecule has 0 heterocycles. The number of halogens is 1. The first-order chi connectivity index (χ1) is 7.08. The van der Waals surface area contributed by atoms with Gasteiger partial charge in [0.15, 0.2) is 0 Å². The topological polar surface area (TPSA) is 81.3 Å². The fraction of sp³-hybridized carbons (Fsp3) is 0.200. The van der Waals surface area contributed by atoms with Crippen molar-refractivity contribution in [3.63, 3.8) is 0 Å². The van der Waals surface area contributed by atoms with Crippen LogP contribution in [0.5, 0.6) is 0 Å². The molecule has 0 saturated carbocycles. The second-order valence-corrected chi connectivity index (χ2v) is 3.75. The molecule has 1 aromatic rings. The van der Waals surface area contributed by atoms with Gasteiger partial charge in [-0.1, -0.05) is 6.07 Å². The summed E-state index contributed by atoms with van der Waals surface area (Å²) in [6.45, 7) is -0.233. The van der Waals surface area contributed by atoms with Gasteiger partial charge in [-0.05, 0) is 33.1 Å². The predicted molar refractivity (Wildman–Crippen MR) is 56.1 cm³/mol. The number of nitrogens with zero attached hydrogens (tertiary/aromatic N) is 1. The third-order valence-electron chi connectivity index (χ3n) is 1.85. The number of benzene rings is 1. The Morgan fingerprint density at radius 3 is 2.67 bits per heavy atom. The molecule has 5 heteroatoms. The molecule has 0 bridgehead atoms. The molecule has 0 radical (unpaired) electrons. The minimum Gasteiger partial charge on any atom is -0.481 e. The van der Waals surface area contributed by atoms with E-state index in [2.05, 4.69) is 15.9 Å². The van der Waals surface area contributed by atoms with Gasteiger partial charge in [0.2, 0.25) is 0 Å². The molecule has 0 aliphatic rings. The number of aliphatic hydroxyl groups excluding tert-OH is 1. The van der Waals surface area contributed by atoms with Crippen LogP contribution >= 0.6 is 15.9 Å². The van der Waals surface area contributed by atoms with Crippen LogP contribution in [-0.2, 0) is 17.8 Å². The van der Waals surface area contributed by atoms with Gasteiger partial charge in [-0.15, -0.1) is 0 Å². The fourth-order valence-electron chi connectivity index (χ4n) is 1.22. The van der Waals surface area contributed by atoms with Crippen LogP contribution in [0, 0.1) is 11.3 Å². The maximum absolute atomic E-state index is 10.5. The molecule has 0 amide bonds. The van der Waals surface area contributed by atoms with Gasteiger partial charge in [0, 0.05) is 4.47 Å². The van der Waals surface area contributed by atoms with Crippen LogP contribution in [0.1, 0.15) is 16.7 Å². The molecule has 15 heavy (non-hydrogen) atoms. The normalized spacial score (nSPS) is 9.67. The Labute approximate surface area is 94.9 Å². The third kappa shape index (κ3) is 2.78. The number of hydrogen-bond acceptors (Lipinski definition) is 3. The fourth-order valence-corrected chi connectivity index (χ4v) is 1.67. The van der Waals surface area contributed by atoms with Crippen molar-refractivity contribution in [3.05, 3.63) is 33.3 Å². The quantitative estimate of drug-likeness (QED) is 0.870. The maximum atomic E-state index is 10.5. The lowest BCUT2D eigenvalue weighted by molar-refractivity contribution is -0.136. The summed E-state index contributed by atoms with van der Waals surface area (Å²) in [5.74, 6) is -0.967. The number of nitriles is 1. The third-order valence-corrected chi connectivity index (χ3v) is 2.79. The van der Waals surface area contributed by atoms with Crippen molar-refractivity contribution in [2.24, 2.45) is 0 Å². The van der Waals surface area contributed by atoms with E-state index < -0.39 is 5.97 Å². The lowest BCUT2D eigenvalue weighted by Crippen LogP contribution is -2.02. The molecule has 0 saturated heterocycles. The SMILES string of the molecule is N#Cc1cc(CC(=O)O)cc(CO)c1Br. The van der Waals surface area contributed by atoms with Crippen molar-refractivity contribution < 1.29 is 15.0 Å². The minimum absolute atomic E-state index is 0.158. The molecule has 0 atom stereocenters. The molecule has 1 aromatic carbocycles. The van der Waals surface area contributed by atoms with E-state index in [-0.39, 0.29) is 13.0 Å². The van der Waals surface area contributed by atoms with Gasteiger partial charge in [0.1, 0.15) is 6.07 Å². The average Bonchev–Trinajstić information content (AvgIpc) is 2.19. The number of carbonyl (C=O) groups is 1. The molecular formula is C10H8BrNO3. The van der Waals surface area contributed by atoms with Gasteiger partial charge in [0.05, 0.1) is 18.6 Å². The van der Waals surface area contributed by atoms with E-state index in [1.165, 1.54) is 6.07 Å². The lowest BCUT2D eigenvalue weighted by atomic mass is 10.0. The average molecular weight is 270 g/mol. The number of carboxylic acid groups (broad SMARTS) is 1. The first-order valence-corrected chi connectivity index (χ1v) is 4.91. The molecule has 0 unspecified atom stereocenters. The Hall–Kier alpha value is -1.38. The van der Waals surface area contributed by atoms with E-state index in [0.717, 1.165) is 0 Å². The summed E-state index contributed by atoms with van der Waals surface area (Å²) >= 11 is 3.17. The Morgan fingerprint density at radius 2 is 2.20 bits per heavy atom. The Bertz CT molecular complexity index is 437.